The maximum absolute atomic E-state index is 11.3. The van der Waals surface area contributed by atoms with Crippen LogP contribution < -0.4 is 5.14 Å². The Kier molecular flexibility index (Phi) is 3.44. The first kappa shape index (κ1) is 13.7. The zero-order valence-electron chi connectivity index (χ0n) is 9.83. The Morgan fingerprint density at radius 1 is 1.26 bits per heavy atom. The Bertz CT molecular complexity index is 747. The van der Waals surface area contributed by atoms with Crippen LogP contribution in [0.25, 0.3) is 11.1 Å². The molecule has 2 rings (SSSR count). The molecule has 0 saturated carbocycles. The Balaban J connectivity index is 2.72. The van der Waals surface area contributed by atoms with Crippen LogP contribution in [0.4, 0.5) is 0 Å². The number of hydrogen-bond acceptors (Lipinski definition) is 5. The van der Waals surface area contributed by atoms with Crippen LogP contribution in [0.1, 0.15) is 5.69 Å². The van der Waals surface area contributed by atoms with Gasteiger partial charge in [-0.2, -0.15) is 0 Å². The van der Waals surface area contributed by atoms with Gasteiger partial charge in [0.05, 0.1) is 0 Å². The van der Waals surface area contributed by atoms with Gasteiger partial charge in [0.1, 0.15) is 15.7 Å². The summed E-state index contributed by atoms with van der Waals surface area (Å²) in [5, 5.41) is 15.0. The van der Waals surface area contributed by atoms with Crippen LogP contribution in [0.2, 0.25) is 5.02 Å². The average Bonchev–Trinajstić information content (AvgIpc) is 2.32. The summed E-state index contributed by atoms with van der Waals surface area (Å²) in [6, 6.07) is 1.32. The molecule has 8 heteroatoms. The highest BCUT2D eigenvalue weighted by Gasteiger charge is 2.16. The van der Waals surface area contributed by atoms with E-state index in [0.717, 1.165) is 6.20 Å². The van der Waals surface area contributed by atoms with Crippen molar-refractivity contribution in [2.24, 2.45) is 5.14 Å². The minimum atomic E-state index is -3.87. The van der Waals surface area contributed by atoms with E-state index in [9.17, 15) is 13.5 Å². The molecular formula is C11H10ClN3O3S. The van der Waals surface area contributed by atoms with E-state index >= 15 is 0 Å². The molecule has 0 aromatic carbocycles. The Morgan fingerprint density at radius 2 is 1.95 bits per heavy atom. The normalized spacial score (nSPS) is 11.5. The predicted molar refractivity (Wildman–Crippen MR) is 70.3 cm³/mol. The molecule has 0 aliphatic carbocycles. The largest absolute Gasteiger partial charge is 0.506 e. The number of rotatable bonds is 2. The zero-order chi connectivity index (χ0) is 14.2. The number of nitrogens with two attached hydrogens (primary N) is 1. The summed E-state index contributed by atoms with van der Waals surface area (Å²) in [6.45, 7) is 1.67. The molecule has 0 fully saturated rings. The molecule has 0 saturated heterocycles. The standard InChI is InChI=1S/C11H10ClN3O3S/c1-6-8(2-7(3-15-6)19(13,17)18)9-4-14-5-10(12)11(9)16/h2-5H,1H3,(H,14,16)(H2,13,17,18). The zero-order valence-corrected chi connectivity index (χ0v) is 11.4. The lowest BCUT2D eigenvalue weighted by atomic mass is 10.1. The van der Waals surface area contributed by atoms with Crippen molar-refractivity contribution in [3.05, 3.63) is 35.4 Å². The van der Waals surface area contributed by atoms with Crippen molar-refractivity contribution in [3.63, 3.8) is 0 Å². The molecule has 0 radical (unpaired) electrons. The van der Waals surface area contributed by atoms with Gasteiger partial charge in [0.2, 0.25) is 10.0 Å². The van der Waals surface area contributed by atoms with Gasteiger partial charge in [-0.25, -0.2) is 13.6 Å². The van der Waals surface area contributed by atoms with Gasteiger partial charge in [-0.1, -0.05) is 11.6 Å². The molecule has 0 amide bonds. The number of aromatic nitrogens is 2. The Morgan fingerprint density at radius 3 is 2.58 bits per heavy atom. The van der Waals surface area contributed by atoms with E-state index in [-0.39, 0.29) is 15.7 Å². The van der Waals surface area contributed by atoms with Gasteiger partial charge in [0.15, 0.2) is 0 Å². The summed E-state index contributed by atoms with van der Waals surface area (Å²) >= 11 is 5.77. The number of primary sulfonamides is 1. The van der Waals surface area contributed by atoms with E-state index < -0.39 is 10.0 Å². The van der Waals surface area contributed by atoms with Crippen molar-refractivity contribution < 1.29 is 13.5 Å². The Labute approximate surface area is 114 Å². The first-order valence-corrected chi connectivity index (χ1v) is 7.05. The second kappa shape index (κ2) is 4.76. The van der Waals surface area contributed by atoms with E-state index in [1.54, 1.807) is 6.92 Å². The molecule has 0 unspecified atom stereocenters. The molecule has 0 aliphatic heterocycles. The smallest absolute Gasteiger partial charge is 0.239 e. The van der Waals surface area contributed by atoms with Crippen LogP contribution in [0.3, 0.4) is 0 Å². The van der Waals surface area contributed by atoms with Crippen molar-refractivity contribution in [3.8, 4) is 16.9 Å². The number of nitrogens with zero attached hydrogens (tertiary/aromatic N) is 2. The molecule has 100 valence electrons. The summed E-state index contributed by atoms with van der Waals surface area (Å²) in [7, 11) is -3.87. The topological polar surface area (TPSA) is 106 Å². The van der Waals surface area contributed by atoms with Gasteiger partial charge in [0, 0.05) is 35.4 Å². The second-order valence-electron chi connectivity index (χ2n) is 3.87. The van der Waals surface area contributed by atoms with Gasteiger partial charge in [-0.15, -0.1) is 0 Å². The van der Waals surface area contributed by atoms with Crippen molar-refractivity contribution in [1.82, 2.24) is 9.97 Å². The molecule has 2 heterocycles. The maximum atomic E-state index is 11.3. The number of halogens is 1. The first-order valence-electron chi connectivity index (χ1n) is 5.13. The van der Waals surface area contributed by atoms with Crippen molar-refractivity contribution in [2.75, 3.05) is 0 Å². The fourth-order valence-corrected chi connectivity index (χ4v) is 2.21. The maximum Gasteiger partial charge on any atom is 0.239 e. The van der Waals surface area contributed by atoms with Crippen LogP contribution >= 0.6 is 11.6 Å². The lowest BCUT2D eigenvalue weighted by Gasteiger charge is -2.09. The van der Waals surface area contributed by atoms with Gasteiger partial charge < -0.3 is 5.11 Å². The molecular weight excluding hydrogens is 290 g/mol. The summed E-state index contributed by atoms with van der Waals surface area (Å²) in [5.41, 5.74) is 1.22. The fraction of sp³-hybridized carbons (Fsp3) is 0.0909. The third-order valence-corrected chi connectivity index (χ3v) is 3.71. The summed E-state index contributed by atoms with van der Waals surface area (Å²) in [5.74, 6) is -0.187. The van der Waals surface area contributed by atoms with Gasteiger partial charge >= 0.3 is 0 Å². The van der Waals surface area contributed by atoms with Crippen LogP contribution in [0, 0.1) is 6.92 Å². The molecule has 3 N–H and O–H groups in total. The highest BCUT2D eigenvalue weighted by atomic mass is 35.5. The van der Waals surface area contributed by atoms with Crippen LogP contribution in [0.15, 0.2) is 29.6 Å². The molecule has 0 aliphatic rings. The highest BCUT2D eigenvalue weighted by Crippen LogP contribution is 2.35. The molecule has 2 aromatic heterocycles. The number of sulfonamides is 1. The number of hydrogen-bond donors (Lipinski definition) is 2. The van der Waals surface area contributed by atoms with Crippen LogP contribution in [-0.2, 0) is 10.0 Å². The number of aryl methyl sites for hydroxylation is 1. The first-order chi connectivity index (χ1) is 8.80. The van der Waals surface area contributed by atoms with E-state index in [1.165, 1.54) is 18.5 Å². The van der Waals surface area contributed by atoms with Crippen molar-refractivity contribution >= 4 is 21.6 Å². The van der Waals surface area contributed by atoms with E-state index in [1.807, 2.05) is 0 Å². The summed E-state index contributed by atoms with van der Waals surface area (Å²) in [4.78, 5) is 7.66. The molecule has 6 nitrogen and oxygen atoms in total. The van der Waals surface area contributed by atoms with Crippen LogP contribution in [-0.4, -0.2) is 23.5 Å². The molecule has 19 heavy (non-hydrogen) atoms. The van der Waals surface area contributed by atoms with E-state index in [2.05, 4.69) is 9.97 Å². The van der Waals surface area contributed by atoms with E-state index in [4.69, 9.17) is 16.7 Å². The molecule has 2 aromatic rings. The average molecular weight is 300 g/mol. The quantitative estimate of drug-likeness (QED) is 0.873. The van der Waals surface area contributed by atoms with Gasteiger partial charge in [-0.3, -0.25) is 9.97 Å². The molecule has 0 atom stereocenters. The third-order valence-electron chi connectivity index (χ3n) is 2.55. The fourth-order valence-electron chi connectivity index (χ4n) is 1.57. The highest BCUT2D eigenvalue weighted by molar-refractivity contribution is 7.89. The minimum absolute atomic E-state index is 0.0675. The lowest BCUT2D eigenvalue weighted by molar-refractivity contribution is 0.476. The number of aromatic hydroxyl groups is 1. The predicted octanol–water partition coefficient (Wildman–Crippen LogP) is 1.46. The van der Waals surface area contributed by atoms with Crippen molar-refractivity contribution in [1.29, 1.82) is 0 Å². The third kappa shape index (κ3) is 2.67. The second-order valence-corrected chi connectivity index (χ2v) is 5.84. The van der Waals surface area contributed by atoms with Crippen molar-refractivity contribution in [2.45, 2.75) is 11.8 Å². The number of pyridine rings is 2. The lowest BCUT2D eigenvalue weighted by Crippen LogP contribution is -2.12. The molecule has 0 spiro atoms. The minimum Gasteiger partial charge on any atom is -0.506 e. The molecule has 0 bridgehead atoms. The van der Waals surface area contributed by atoms with E-state index in [0.29, 0.717) is 16.8 Å². The summed E-state index contributed by atoms with van der Waals surface area (Å²) in [6.07, 6.45) is 3.81. The van der Waals surface area contributed by atoms with Gasteiger partial charge in [-0.05, 0) is 13.0 Å². The SMILES string of the molecule is Cc1ncc(S(N)(=O)=O)cc1-c1cncc(Cl)c1O. The van der Waals surface area contributed by atoms with Gasteiger partial charge in [0.25, 0.3) is 0 Å². The Hall–Kier alpha value is -1.70. The van der Waals surface area contributed by atoms with Crippen LogP contribution in [0.5, 0.6) is 5.75 Å². The monoisotopic (exact) mass is 299 g/mol. The summed E-state index contributed by atoms with van der Waals surface area (Å²) < 4.78 is 22.6.